The maximum Gasteiger partial charge on any atom is 0.495 e. The minimum Gasteiger partial charge on any atom is -0.399 e. The van der Waals surface area contributed by atoms with Crippen LogP contribution in [0.25, 0.3) is 0 Å². The molecule has 0 atom stereocenters. The highest BCUT2D eigenvalue weighted by molar-refractivity contribution is 6.62. The van der Waals surface area contributed by atoms with Crippen molar-refractivity contribution in [2.75, 3.05) is 14.1 Å². The summed E-state index contributed by atoms with van der Waals surface area (Å²) in [5.41, 5.74) is 1.61. The minimum atomic E-state index is -0.425. The van der Waals surface area contributed by atoms with Gasteiger partial charge in [0.1, 0.15) is 5.69 Å². The van der Waals surface area contributed by atoms with Crippen molar-refractivity contribution in [1.29, 1.82) is 0 Å². The van der Waals surface area contributed by atoms with E-state index in [1.165, 1.54) is 0 Å². The number of nitrogens with zero attached hydrogens (tertiary/aromatic N) is 2. The number of nitroso groups, excluding NO2 is 1. The van der Waals surface area contributed by atoms with Gasteiger partial charge in [0.05, 0.1) is 11.2 Å². The van der Waals surface area contributed by atoms with E-state index in [9.17, 15) is 4.91 Å². The Labute approximate surface area is 126 Å². The maximum absolute atomic E-state index is 10.8. The standard InChI is InChI=1S/C15H23BN2O3/c1-14(2)15(3,4)21-16(20-14)13-8-7-12(17-19)9-11(13)10-18(5)6/h7-9H,10H2,1-6H3. The summed E-state index contributed by atoms with van der Waals surface area (Å²) in [6, 6.07) is 5.37. The van der Waals surface area contributed by atoms with Crippen molar-refractivity contribution in [2.24, 2.45) is 5.18 Å². The molecular weight excluding hydrogens is 267 g/mol. The van der Waals surface area contributed by atoms with Crippen LogP contribution in [0.5, 0.6) is 0 Å². The summed E-state index contributed by atoms with van der Waals surface area (Å²) in [5, 5.41) is 3.01. The number of rotatable bonds is 4. The Morgan fingerprint density at radius 3 is 2.19 bits per heavy atom. The summed E-state index contributed by atoms with van der Waals surface area (Å²) in [6.45, 7) is 8.81. The van der Waals surface area contributed by atoms with E-state index in [0.717, 1.165) is 11.0 Å². The highest BCUT2D eigenvalue weighted by atomic mass is 16.7. The highest BCUT2D eigenvalue weighted by Crippen LogP contribution is 2.36. The molecule has 1 aromatic rings. The first-order chi connectivity index (χ1) is 9.66. The molecular formula is C15H23BN2O3. The molecule has 21 heavy (non-hydrogen) atoms. The fourth-order valence-corrected chi connectivity index (χ4v) is 2.33. The lowest BCUT2D eigenvalue weighted by molar-refractivity contribution is 0.00578. The van der Waals surface area contributed by atoms with E-state index in [0.29, 0.717) is 12.2 Å². The number of benzene rings is 1. The summed E-state index contributed by atoms with van der Waals surface area (Å²) >= 11 is 0. The Morgan fingerprint density at radius 2 is 1.71 bits per heavy atom. The summed E-state index contributed by atoms with van der Waals surface area (Å²) < 4.78 is 12.2. The molecule has 0 amide bonds. The molecule has 2 rings (SSSR count). The summed E-state index contributed by atoms with van der Waals surface area (Å²) in [7, 11) is 3.54. The molecule has 1 aromatic carbocycles. The van der Waals surface area contributed by atoms with Crippen LogP contribution in [-0.2, 0) is 15.9 Å². The molecule has 0 spiro atoms. The molecule has 1 saturated heterocycles. The van der Waals surface area contributed by atoms with Crippen LogP contribution in [0.2, 0.25) is 0 Å². The van der Waals surface area contributed by atoms with Gasteiger partial charge in [0.15, 0.2) is 0 Å². The van der Waals surface area contributed by atoms with Gasteiger partial charge in [0.2, 0.25) is 0 Å². The highest BCUT2D eigenvalue weighted by Gasteiger charge is 2.52. The van der Waals surface area contributed by atoms with Gasteiger partial charge in [-0.05, 0) is 70.1 Å². The lowest BCUT2D eigenvalue weighted by Gasteiger charge is -2.32. The van der Waals surface area contributed by atoms with Crippen molar-refractivity contribution in [2.45, 2.75) is 45.4 Å². The average Bonchev–Trinajstić information content (AvgIpc) is 2.57. The predicted molar refractivity (Wildman–Crippen MR) is 85.0 cm³/mol. The summed E-state index contributed by atoms with van der Waals surface area (Å²) in [4.78, 5) is 12.8. The van der Waals surface area contributed by atoms with Crippen LogP contribution in [0, 0.1) is 4.91 Å². The van der Waals surface area contributed by atoms with Crippen molar-refractivity contribution >= 4 is 18.3 Å². The molecule has 0 aliphatic carbocycles. The van der Waals surface area contributed by atoms with E-state index >= 15 is 0 Å². The van der Waals surface area contributed by atoms with Gasteiger partial charge in [0, 0.05) is 6.54 Å². The minimum absolute atomic E-state index is 0.380. The van der Waals surface area contributed by atoms with Gasteiger partial charge in [0.25, 0.3) is 0 Å². The first kappa shape index (κ1) is 16.1. The Hall–Kier alpha value is -1.24. The monoisotopic (exact) mass is 290 g/mol. The quantitative estimate of drug-likeness (QED) is 0.631. The second-order valence-corrected chi connectivity index (χ2v) is 6.80. The zero-order valence-electron chi connectivity index (χ0n) is 13.6. The smallest absolute Gasteiger partial charge is 0.399 e. The molecule has 6 heteroatoms. The van der Waals surface area contributed by atoms with E-state index < -0.39 is 7.12 Å². The van der Waals surface area contributed by atoms with Crippen LogP contribution in [0.15, 0.2) is 23.4 Å². The van der Waals surface area contributed by atoms with Gasteiger partial charge in [-0.15, -0.1) is 4.91 Å². The Kier molecular flexibility index (Phi) is 4.24. The zero-order chi connectivity index (χ0) is 15.8. The van der Waals surface area contributed by atoms with Gasteiger partial charge in [-0.2, -0.15) is 0 Å². The molecule has 114 valence electrons. The Bertz CT molecular complexity index is 528. The van der Waals surface area contributed by atoms with E-state index in [1.54, 1.807) is 12.1 Å². The van der Waals surface area contributed by atoms with Crippen LogP contribution >= 0.6 is 0 Å². The predicted octanol–water partition coefficient (Wildman–Crippen LogP) is 2.45. The molecule has 0 aromatic heterocycles. The fourth-order valence-electron chi connectivity index (χ4n) is 2.33. The third kappa shape index (κ3) is 3.17. The Morgan fingerprint density at radius 1 is 1.14 bits per heavy atom. The van der Waals surface area contributed by atoms with Crippen LogP contribution in [0.3, 0.4) is 0 Å². The van der Waals surface area contributed by atoms with Crippen molar-refractivity contribution in [3.05, 3.63) is 28.7 Å². The van der Waals surface area contributed by atoms with Gasteiger partial charge < -0.3 is 14.2 Å². The van der Waals surface area contributed by atoms with Gasteiger partial charge in [-0.3, -0.25) is 0 Å². The normalized spacial score (nSPS) is 20.0. The molecule has 1 heterocycles. The Balaban J connectivity index is 2.38. The summed E-state index contributed by atoms with van der Waals surface area (Å²) in [5.74, 6) is 0. The molecule has 5 nitrogen and oxygen atoms in total. The SMILES string of the molecule is CN(C)Cc1cc(N=O)ccc1B1OC(C)(C)C(C)(C)O1. The topological polar surface area (TPSA) is 51.1 Å². The maximum atomic E-state index is 10.8. The van der Waals surface area contributed by atoms with Crippen molar-refractivity contribution in [3.8, 4) is 0 Å². The van der Waals surface area contributed by atoms with Crippen molar-refractivity contribution in [3.63, 3.8) is 0 Å². The average molecular weight is 290 g/mol. The lowest BCUT2D eigenvalue weighted by Crippen LogP contribution is -2.41. The first-order valence-corrected chi connectivity index (χ1v) is 7.13. The third-order valence-corrected chi connectivity index (χ3v) is 4.23. The lowest BCUT2D eigenvalue weighted by atomic mass is 9.75. The van der Waals surface area contributed by atoms with Gasteiger partial charge in [-0.1, -0.05) is 6.07 Å². The molecule has 0 N–H and O–H groups in total. The van der Waals surface area contributed by atoms with Crippen molar-refractivity contribution in [1.82, 2.24) is 4.90 Å². The largest absolute Gasteiger partial charge is 0.495 e. The molecule has 1 aliphatic rings. The number of hydrogen-bond donors (Lipinski definition) is 0. The van der Waals surface area contributed by atoms with E-state index in [1.807, 2.05) is 52.8 Å². The third-order valence-electron chi connectivity index (χ3n) is 4.23. The van der Waals surface area contributed by atoms with E-state index in [-0.39, 0.29) is 11.2 Å². The zero-order valence-corrected chi connectivity index (χ0v) is 13.6. The molecule has 1 fully saturated rings. The fraction of sp³-hybridized carbons (Fsp3) is 0.600. The molecule has 0 unspecified atom stereocenters. The molecule has 0 bridgehead atoms. The van der Waals surface area contributed by atoms with Crippen LogP contribution < -0.4 is 5.46 Å². The van der Waals surface area contributed by atoms with Crippen LogP contribution in [0.4, 0.5) is 5.69 Å². The van der Waals surface area contributed by atoms with Gasteiger partial charge >= 0.3 is 7.12 Å². The molecule has 0 radical (unpaired) electrons. The van der Waals surface area contributed by atoms with E-state index in [4.69, 9.17) is 9.31 Å². The van der Waals surface area contributed by atoms with Crippen molar-refractivity contribution < 1.29 is 9.31 Å². The van der Waals surface area contributed by atoms with Crippen LogP contribution in [-0.4, -0.2) is 37.3 Å². The van der Waals surface area contributed by atoms with Gasteiger partial charge in [-0.25, -0.2) is 0 Å². The van der Waals surface area contributed by atoms with E-state index in [2.05, 4.69) is 5.18 Å². The number of hydrogen-bond acceptors (Lipinski definition) is 5. The van der Waals surface area contributed by atoms with Crippen LogP contribution in [0.1, 0.15) is 33.3 Å². The molecule has 0 saturated carbocycles. The second kappa shape index (κ2) is 5.52. The second-order valence-electron chi connectivity index (χ2n) is 6.80. The summed E-state index contributed by atoms with van der Waals surface area (Å²) in [6.07, 6.45) is 0. The first-order valence-electron chi connectivity index (χ1n) is 7.13. The molecule has 1 aliphatic heterocycles.